The van der Waals surface area contributed by atoms with Gasteiger partial charge in [-0.2, -0.15) is 0 Å². The SMILES string of the molecule is CC(C)C1C2CCC1CC(N)C2.CC(C)N1CC2CC1CN2C.CC(C)NC1CC2CCC(C1)N2C.CC(C)NC1CN2CCC1CC2.CC(C)NCC1CC2CNC1C2.CC(C)NCC1CCNCC1.CC(C)NCC1CNCCO1.CC(C)NCCC1CNCCN1.CC(C)NCCCN1CCN(C)CC1.CCN(CC)CC1CCCN(C(C)C)C1. The van der Waals surface area contributed by atoms with E-state index in [0.717, 1.165) is 167 Å². The number of likely N-dealkylation sites (N-methyl/N-ethyl adjacent to an activating group) is 2. The highest BCUT2D eigenvalue weighted by Gasteiger charge is 2.45. The number of hydrogen-bond acceptors (Lipinski definition) is 22. The molecule has 3 saturated carbocycles. The van der Waals surface area contributed by atoms with Crippen LogP contribution in [0.3, 0.4) is 0 Å². The molecule has 0 aromatic heterocycles. The van der Waals surface area contributed by atoms with E-state index in [0.29, 0.717) is 60.5 Å². The molecule has 10 bridgehead atoms. The van der Waals surface area contributed by atoms with Crippen LogP contribution in [0, 0.1) is 53.3 Å². The number of morpholine rings is 1. The average molecular weight is 1740 g/mol. The Balaban J connectivity index is 0.000000212. The van der Waals surface area contributed by atoms with Crippen LogP contribution in [0.1, 0.15) is 274 Å². The van der Waals surface area contributed by atoms with Crippen LogP contribution in [0.5, 0.6) is 0 Å². The maximum atomic E-state index is 6.02. The molecule has 16 aliphatic rings. The first-order valence-electron chi connectivity index (χ1n) is 52.7. The summed E-state index contributed by atoms with van der Waals surface area (Å²) in [6.07, 6.45) is 26.7. The molecule has 0 amide bonds. The lowest BCUT2D eigenvalue weighted by Crippen LogP contribution is -2.57. The molecule has 13 heterocycles. The first kappa shape index (κ1) is 111. The molecular formula is C101H213N21O. The Morgan fingerprint density at radius 2 is 1.08 bits per heavy atom. The van der Waals surface area contributed by atoms with Gasteiger partial charge in [0.1, 0.15) is 0 Å². The maximum absolute atomic E-state index is 6.02. The van der Waals surface area contributed by atoms with Crippen LogP contribution in [0.4, 0.5) is 0 Å². The zero-order chi connectivity index (χ0) is 89.9. The van der Waals surface area contributed by atoms with Gasteiger partial charge < -0.3 is 109 Å². The summed E-state index contributed by atoms with van der Waals surface area (Å²) in [4.78, 5) is 20.5. The number of nitrogens with one attached hydrogen (secondary N) is 12. The smallest absolute Gasteiger partial charge is 0.0824 e. The van der Waals surface area contributed by atoms with Gasteiger partial charge in [-0.15, -0.1) is 0 Å². The summed E-state index contributed by atoms with van der Waals surface area (Å²) in [7, 11) is 6.76. The summed E-state index contributed by atoms with van der Waals surface area (Å²) in [5, 5.41) is 41.7. The molecule has 22 nitrogen and oxygen atoms in total. The van der Waals surface area contributed by atoms with Crippen molar-refractivity contribution in [1.29, 1.82) is 0 Å². The quantitative estimate of drug-likeness (QED) is 0.0315. The summed E-state index contributed by atoms with van der Waals surface area (Å²) < 4.78 is 5.50. The van der Waals surface area contributed by atoms with Crippen LogP contribution >= 0.6 is 0 Å². The highest BCUT2D eigenvalue weighted by Crippen LogP contribution is 2.49. The van der Waals surface area contributed by atoms with Crippen LogP contribution in [0.15, 0.2) is 0 Å². The van der Waals surface area contributed by atoms with Gasteiger partial charge in [-0.05, 0) is 309 Å². The Bertz CT molecular complexity index is 2470. The molecule has 16 fully saturated rings. The van der Waals surface area contributed by atoms with E-state index in [4.69, 9.17) is 10.5 Å². The fourth-order valence-electron chi connectivity index (χ4n) is 22.8. The Labute approximate surface area is 762 Å². The van der Waals surface area contributed by atoms with Crippen LogP contribution in [-0.4, -0.2) is 365 Å². The number of ether oxygens (including phenoxy) is 1. The zero-order valence-corrected chi connectivity index (χ0v) is 85.7. The van der Waals surface area contributed by atoms with Crippen LogP contribution in [0.2, 0.25) is 0 Å². The van der Waals surface area contributed by atoms with E-state index >= 15 is 0 Å². The molecule has 13 aliphatic heterocycles. The summed E-state index contributed by atoms with van der Waals surface area (Å²) in [6.45, 7) is 84.2. The monoisotopic (exact) mass is 1740 g/mol. The van der Waals surface area contributed by atoms with Crippen molar-refractivity contribution in [3.8, 4) is 0 Å². The van der Waals surface area contributed by atoms with Crippen molar-refractivity contribution in [2.24, 2.45) is 59.0 Å². The minimum Gasteiger partial charge on any atom is -0.374 e. The minimum absolute atomic E-state index is 0.367. The predicted molar refractivity (Wildman–Crippen MR) is 532 cm³/mol. The summed E-state index contributed by atoms with van der Waals surface area (Å²) in [6, 6.07) is 12.9. The molecule has 0 radical (unpaired) electrons. The molecule has 728 valence electrons. The Morgan fingerprint density at radius 3 is 1.58 bits per heavy atom. The number of likely N-dealkylation sites (tertiary alicyclic amines) is 3. The zero-order valence-electron chi connectivity index (χ0n) is 85.7. The Morgan fingerprint density at radius 1 is 0.472 bits per heavy atom. The van der Waals surface area contributed by atoms with E-state index in [1.165, 1.54) is 253 Å². The number of fused-ring (bicyclic) bond motifs is 11. The molecular weight excluding hydrogens is 1520 g/mol. The third kappa shape index (κ3) is 44.7. The van der Waals surface area contributed by atoms with Gasteiger partial charge in [-0.1, -0.05) is 125 Å². The lowest BCUT2D eigenvalue weighted by atomic mass is 9.71. The number of hydrogen-bond donors (Lipinski definition) is 13. The van der Waals surface area contributed by atoms with Crippen molar-refractivity contribution >= 4 is 0 Å². The van der Waals surface area contributed by atoms with Gasteiger partial charge >= 0.3 is 0 Å². The first-order chi connectivity index (χ1) is 58.7. The minimum atomic E-state index is 0.367. The second-order valence-electron chi connectivity index (χ2n) is 44.2. The van der Waals surface area contributed by atoms with Crippen LogP contribution in [-0.2, 0) is 4.74 Å². The Hall–Kier alpha value is -0.880. The standard InChI is InChI=1S/C13H28N2.C11H25N3.C11H22N2.C11H21N.2C10H20N2.C9H21N3.C9H18N2.C9H20N2.C8H18N2O/c1-5-14(6-2)10-13-8-7-9-15(11-13)12(3)4;1-11(2)12-5-4-6-14-9-7-13(3)8-10-14;1-8(2)12-9-6-10-4-5-11(7-9)13(10)3;1-7(2)11-8-3-4-9(11)6-10(12)5-8;1-7(2)11-6-9-3-8-4-10(9)12-5-8;1-8(2)11-10-7-12-5-3-9(10)4-6-12;1-8(2)11-4-3-9-7-10-5-6-12-9;1-7(2)11-6-8-4-9(11)5-10(8)3;1-8(2)11-7-9-3-5-10-6-4-9;1-7(2)10-6-8-5-9-3-4-11-8/h12-13H,5-11H2,1-4H3;11-12H,4-10H2,1-3H3;8-12H,4-7H2,1-3H3;7-11H,3-6,12H2,1-2H3;7-12H,3-6H2,1-2H3;8-11H,3-7H2,1-2H3;8-12H,3-7H2,1-2H3;7-9H,4-6H2,1-3H3;8-11H,3-7H2,1-2H3;7-10H,3-6H2,1-2H3. The van der Waals surface area contributed by atoms with Crippen molar-refractivity contribution in [3.63, 3.8) is 0 Å². The lowest BCUT2D eigenvalue weighted by molar-refractivity contribution is 0.0282. The van der Waals surface area contributed by atoms with Crippen LogP contribution < -0.4 is 69.5 Å². The first-order valence-corrected chi connectivity index (χ1v) is 52.7. The molecule has 0 spiro atoms. The van der Waals surface area contributed by atoms with Crippen molar-refractivity contribution < 1.29 is 4.74 Å². The van der Waals surface area contributed by atoms with Crippen molar-refractivity contribution in [2.75, 3.05) is 211 Å². The van der Waals surface area contributed by atoms with E-state index in [1.807, 2.05) is 0 Å². The maximum Gasteiger partial charge on any atom is 0.0824 e. The van der Waals surface area contributed by atoms with Crippen molar-refractivity contribution in [2.45, 2.75) is 389 Å². The highest BCUT2D eigenvalue weighted by atomic mass is 16.5. The van der Waals surface area contributed by atoms with Gasteiger partial charge in [-0.25, -0.2) is 0 Å². The Kier molecular flexibility index (Phi) is 55.7. The molecule has 3 aliphatic carbocycles. The molecule has 16 rings (SSSR count). The van der Waals surface area contributed by atoms with Crippen molar-refractivity contribution in [3.05, 3.63) is 0 Å². The second-order valence-corrected chi connectivity index (χ2v) is 44.2. The van der Waals surface area contributed by atoms with E-state index in [2.05, 4.69) is 276 Å². The van der Waals surface area contributed by atoms with Gasteiger partial charge in [0.2, 0.25) is 0 Å². The van der Waals surface area contributed by atoms with Crippen molar-refractivity contribution in [1.82, 2.24) is 103 Å². The third-order valence-corrected chi connectivity index (χ3v) is 30.0. The highest BCUT2D eigenvalue weighted by molar-refractivity contribution is 5.01. The molecule has 13 atom stereocenters. The van der Waals surface area contributed by atoms with Gasteiger partial charge in [-0.3, -0.25) is 4.90 Å². The number of rotatable bonds is 29. The fourth-order valence-corrected chi connectivity index (χ4v) is 22.8. The normalized spacial score (nSPS) is 32.1. The fraction of sp³-hybridized carbons (Fsp3) is 1.00. The predicted octanol–water partition coefficient (Wildman–Crippen LogP) is 10.8. The van der Waals surface area contributed by atoms with Gasteiger partial charge in [0.05, 0.1) is 12.7 Å². The van der Waals surface area contributed by atoms with E-state index in [1.54, 1.807) is 0 Å². The number of nitrogens with two attached hydrogens (primary N) is 1. The number of nitrogens with zero attached hydrogens (tertiary/aromatic N) is 8. The summed E-state index contributed by atoms with van der Waals surface area (Å²) in [5.41, 5.74) is 6.02. The molecule has 14 N–H and O–H groups in total. The molecule has 0 aromatic carbocycles. The van der Waals surface area contributed by atoms with Gasteiger partial charge in [0.15, 0.2) is 0 Å². The molecule has 13 saturated heterocycles. The van der Waals surface area contributed by atoms with Gasteiger partial charge in [0, 0.05) is 207 Å². The largest absolute Gasteiger partial charge is 0.374 e. The molecule has 22 heteroatoms. The second kappa shape index (κ2) is 61.8. The van der Waals surface area contributed by atoms with E-state index in [9.17, 15) is 0 Å². The van der Waals surface area contributed by atoms with Gasteiger partial charge in [0.25, 0.3) is 0 Å². The number of piperazine rings is 3. The summed E-state index contributed by atoms with van der Waals surface area (Å²) in [5.74, 6) is 8.52. The van der Waals surface area contributed by atoms with E-state index < -0.39 is 0 Å². The summed E-state index contributed by atoms with van der Waals surface area (Å²) >= 11 is 0. The third-order valence-electron chi connectivity index (χ3n) is 30.0. The molecule has 13 unspecified atom stereocenters. The number of piperidine rings is 7. The van der Waals surface area contributed by atoms with E-state index in [-0.39, 0.29) is 0 Å². The average Bonchev–Trinajstić information content (AvgIpc) is 1.66. The lowest BCUT2D eigenvalue weighted by Gasteiger charge is -2.45. The molecule has 123 heavy (non-hydrogen) atoms. The topological polar surface area (TPSA) is 206 Å². The van der Waals surface area contributed by atoms with Crippen LogP contribution in [0.25, 0.3) is 0 Å². The molecule has 0 aromatic rings.